The van der Waals surface area contributed by atoms with Gasteiger partial charge in [-0.1, -0.05) is 80.5 Å². The van der Waals surface area contributed by atoms with Crippen molar-refractivity contribution in [3.8, 4) is 0 Å². The normalized spacial score (nSPS) is 12.4. The van der Waals surface area contributed by atoms with Crippen molar-refractivity contribution in [2.45, 2.75) is 76.7 Å². The van der Waals surface area contributed by atoms with Crippen LogP contribution in [0.25, 0.3) is 11.0 Å². The molecule has 3 aromatic rings. The third-order valence-electron chi connectivity index (χ3n) is 5.48. The molecule has 1 N–H and O–H groups in total. The maximum absolute atomic E-state index is 12.7. The fourth-order valence-corrected chi connectivity index (χ4v) is 4.41. The molecule has 0 spiro atoms. The fraction of sp³-hybridized carbons (Fsp3) is 0.458. The predicted octanol–water partition coefficient (Wildman–Crippen LogP) is 5.21. The van der Waals surface area contributed by atoms with Gasteiger partial charge in [0.15, 0.2) is 0 Å². The number of hydrazone groups is 1. The number of hydrogen-bond donors (Lipinski definition) is 1. The summed E-state index contributed by atoms with van der Waals surface area (Å²) in [6.07, 6.45) is 9.01. The Balaban J connectivity index is 1.69. The van der Waals surface area contributed by atoms with Crippen LogP contribution in [0.2, 0.25) is 0 Å². The van der Waals surface area contributed by atoms with E-state index in [2.05, 4.69) is 27.2 Å². The van der Waals surface area contributed by atoms with Crippen molar-refractivity contribution in [2.75, 3.05) is 0 Å². The third-order valence-corrected chi connectivity index (χ3v) is 6.70. The van der Waals surface area contributed by atoms with Crippen LogP contribution in [-0.2, 0) is 16.6 Å². The summed E-state index contributed by atoms with van der Waals surface area (Å²) < 4.78 is 27.1. The fourth-order valence-electron chi connectivity index (χ4n) is 3.56. The molecule has 0 unspecified atom stereocenters. The Kier molecular flexibility index (Phi) is 8.79. The quantitative estimate of drug-likeness (QED) is 0.217. The zero-order chi connectivity index (χ0) is 22.8. The second kappa shape index (κ2) is 11.8. The lowest BCUT2D eigenvalue weighted by molar-refractivity contribution is 0.581. The summed E-state index contributed by atoms with van der Waals surface area (Å²) in [5.74, 6) is 0. The number of fused-ring (bicyclic) bond motifs is 1. The second-order valence-electron chi connectivity index (χ2n) is 8.19. The number of sulfonamides is 1. The highest BCUT2D eigenvalue weighted by atomic mass is 32.2. The highest BCUT2D eigenvalue weighted by Gasteiger charge is 2.14. The summed E-state index contributed by atoms with van der Waals surface area (Å²) >= 11 is 0. The maximum Gasteiger partial charge on any atom is 0.276 e. The molecular weight excluding hydrogens is 422 g/mol. The molecule has 32 heavy (non-hydrogen) atoms. The zero-order valence-electron chi connectivity index (χ0n) is 19.0. The Morgan fingerprint density at radius 3 is 2.41 bits per heavy atom. The Hall–Kier alpha value is -2.74. The van der Waals surface area contributed by atoms with Gasteiger partial charge in [0.25, 0.3) is 10.0 Å². The highest BCUT2D eigenvalue weighted by molar-refractivity contribution is 7.89. The average molecular weight is 456 g/mol. The summed E-state index contributed by atoms with van der Waals surface area (Å²) in [7, 11) is -3.72. The number of para-hydroxylation sites is 1. The molecule has 3 rings (SSSR count). The van der Waals surface area contributed by atoms with Gasteiger partial charge in [-0.15, -0.1) is 5.10 Å². The SMILES string of the molecule is CCCCCCCCCC(Cn1nnc2ccccc21)=NNS(=O)(=O)c1ccc(C)cc1. The lowest BCUT2D eigenvalue weighted by Crippen LogP contribution is -2.22. The van der Waals surface area contributed by atoms with Gasteiger partial charge in [0.2, 0.25) is 0 Å². The van der Waals surface area contributed by atoms with Gasteiger partial charge in [0, 0.05) is 0 Å². The molecular formula is C24H33N5O2S. The number of aromatic nitrogens is 3. The van der Waals surface area contributed by atoms with Gasteiger partial charge < -0.3 is 0 Å². The van der Waals surface area contributed by atoms with Crippen LogP contribution in [0.4, 0.5) is 0 Å². The Bertz CT molecular complexity index is 1120. The lowest BCUT2D eigenvalue weighted by Gasteiger charge is -2.10. The Labute approximate surface area is 191 Å². The minimum atomic E-state index is -3.72. The molecule has 0 fully saturated rings. The van der Waals surface area contributed by atoms with Crippen LogP contribution >= 0.6 is 0 Å². The molecule has 0 saturated carbocycles. The van der Waals surface area contributed by atoms with Gasteiger partial charge in [-0.25, -0.2) is 9.51 Å². The first-order valence-electron chi connectivity index (χ1n) is 11.4. The van der Waals surface area contributed by atoms with E-state index in [9.17, 15) is 8.42 Å². The van der Waals surface area contributed by atoms with E-state index in [1.54, 1.807) is 28.9 Å². The molecule has 8 heteroatoms. The molecule has 0 atom stereocenters. The second-order valence-corrected chi connectivity index (χ2v) is 9.85. The third kappa shape index (κ3) is 6.88. The van der Waals surface area contributed by atoms with Crippen molar-refractivity contribution in [1.82, 2.24) is 19.8 Å². The summed E-state index contributed by atoms with van der Waals surface area (Å²) in [6.45, 7) is 4.53. The van der Waals surface area contributed by atoms with E-state index in [0.717, 1.165) is 35.2 Å². The largest absolute Gasteiger partial charge is 0.276 e. The van der Waals surface area contributed by atoms with Crippen LogP contribution in [0.1, 0.15) is 63.9 Å². The number of unbranched alkanes of at least 4 members (excludes halogenated alkanes) is 6. The van der Waals surface area contributed by atoms with Crippen molar-refractivity contribution >= 4 is 26.8 Å². The van der Waals surface area contributed by atoms with Gasteiger partial charge in [-0.2, -0.15) is 13.5 Å². The van der Waals surface area contributed by atoms with E-state index in [0.29, 0.717) is 13.0 Å². The van der Waals surface area contributed by atoms with Crippen molar-refractivity contribution in [3.63, 3.8) is 0 Å². The van der Waals surface area contributed by atoms with Crippen LogP contribution in [0.15, 0.2) is 58.5 Å². The smallest absolute Gasteiger partial charge is 0.239 e. The summed E-state index contributed by atoms with van der Waals surface area (Å²) in [5.41, 5.74) is 3.46. The zero-order valence-corrected chi connectivity index (χ0v) is 19.8. The van der Waals surface area contributed by atoms with Gasteiger partial charge in [-0.3, -0.25) is 0 Å². The van der Waals surface area contributed by atoms with Crippen molar-refractivity contribution in [3.05, 3.63) is 54.1 Å². The molecule has 0 aliphatic carbocycles. The number of nitrogens with zero attached hydrogens (tertiary/aromatic N) is 4. The molecule has 1 aromatic heterocycles. The molecule has 0 saturated heterocycles. The van der Waals surface area contributed by atoms with Gasteiger partial charge in [-0.05, 0) is 44.0 Å². The van der Waals surface area contributed by atoms with Crippen molar-refractivity contribution < 1.29 is 8.42 Å². The first-order chi connectivity index (χ1) is 15.5. The molecule has 0 bridgehead atoms. The summed E-state index contributed by atoms with van der Waals surface area (Å²) in [6, 6.07) is 14.5. The van der Waals surface area contributed by atoms with E-state index in [1.807, 2.05) is 31.2 Å². The van der Waals surface area contributed by atoms with Crippen LogP contribution in [-0.4, -0.2) is 29.1 Å². The molecule has 0 aliphatic heterocycles. The first kappa shape index (κ1) is 23.9. The molecule has 0 amide bonds. The van der Waals surface area contributed by atoms with E-state index >= 15 is 0 Å². The number of benzene rings is 2. The van der Waals surface area contributed by atoms with E-state index < -0.39 is 10.0 Å². The summed E-state index contributed by atoms with van der Waals surface area (Å²) in [4.78, 5) is 2.62. The summed E-state index contributed by atoms with van der Waals surface area (Å²) in [5, 5.41) is 12.7. The van der Waals surface area contributed by atoms with Crippen LogP contribution in [0, 0.1) is 6.92 Å². The number of rotatable bonds is 13. The van der Waals surface area contributed by atoms with Crippen LogP contribution in [0.3, 0.4) is 0 Å². The predicted molar refractivity (Wildman–Crippen MR) is 129 cm³/mol. The van der Waals surface area contributed by atoms with Gasteiger partial charge in [0.1, 0.15) is 5.52 Å². The molecule has 2 aromatic carbocycles. The Morgan fingerprint density at radius 1 is 0.969 bits per heavy atom. The van der Waals surface area contributed by atoms with E-state index in [-0.39, 0.29) is 4.90 Å². The Morgan fingerprint density at radius 2 is 1.66 bits per heavy atom. The highest BCUT2D eigenvalue weighted by Crippen LogP contribution is 2.14. The van der Waals surface area contributed by atoms with Crippen LogP contribution < -0.4 is 4.83 Å². The lowest BCUT2D eigenvalue weighted by atomic mass is 10.1. The van der Waals surface area contributed by atoms with Crippen molar-refractivity contribution in [2.24, 2.45) is 5.10 Å². The number of aryl methyl sites for hydroxylation is 1. The molecule has 0 aliphatic rings. The van der Waals surface area contributed by atoms with Gasteiger partial charge >= 0.3 is 0 Å². The molecule has 1 heterocycles. The average Bonchev–Trinajstić information content (AvgIpc) is 3.20. The molecule has 7 nitrogen and oxygen atoms in total. The van der Waals surface area contributed by atoms with Crippen LogP contribution in [0.5, 0.6) is 0 Å². The first-order valence-corrected chi connectivity index (χ1v) is 12.9. The number of nitrogens with one attached hydrogen (secondary N) is 1. The number of hydrogen-bond acceptors (Lipinski definition) is 5. The van der Waals surface area contributed by atoms with Gasteiger partial charge in [0.05, 0.1) is 22.7 Å². The molecule has 0 radical (unpaired) electrons. The van der Waals surface area contributed by atoms with E-state index in [1.165, 1.54) is 32.1 Å². The standard InChI is InChI=1S/C24H33N5O2S/c1-3-4-5-6-7-8-9-12-21(19-29-24-14-11-10-13-23(24)26-27-29)25-28-32(30,31)22-17-15-20(2)16-18-22/h10-11,13-18,28H,3-9,12,19H2,1-2H3. The molecule has 172 valence electrons. The van der Waals surface area contributed by atoms with Crippen molar-refractivity contribution in [1.29, 1.82) is 0 Å². The topological polar surface area (TPSA) is 89.2 Å². The van der Waals surface area contributed by atoms with E-state index in [4.69, 9.17) is 0 Å². The monoisotopic (exact) mass is 455 g/mol. The minimum absolute atomic E-state index is 0.202. The minimum Gasteiger partial charge on any atom is -0.239 e. The maximum atomic E-state index is 12.7.